The molecule has 0 aliphatic carbocycles. The molecular weight excluding hydrogens is 156 g/mol. The van der Waals surface area contributed by atoms with Crippen LogP contribution in [0.1, 0.15) is 28.8 Å². The zero-order valence-electron chi connectivity index (χ0n) is 7.51. The standard InChI is InChI=1S/C9H12O3/c1-4-7-5-8(6(2)12-7)9(10)11-3/h5H,4H2,1-3H3. The number of aryl methyl sites for hydroxylation is 2. The first-order valence-electron chi connectivity index (χ1n) is 3.86. The van der Waals surface area contributed by atoms with Crippen molar-refractivity contribution in [2.75, 3.05) is 7.11 Å². The van der Waals surface area contributed by atoms with Gasteiger partial charge < -0.3 is 9.15 Å². The molecule has 0 aromatic carbocycles. The summed E-state index contributed by atoms with van der Waals surface area (Å²) in [5, 5.41) is 0. The molecule has 3 heteroatoms. The number of esters is 1. The lowest BCUT2D eigenvalue weighted by molar-refractivity contribution is 0.0599. The minimum atomic E-state index is -0.337. The Morgan fingerprint density at radius 2 is 2.33 bits per heavy atom. The number of hydrogen-bond acceptors (Lipinski definition) is 3. The van der Waals surface area contributed by atoms with Gasteiger partial charge in [-0.05, 0) is 13.0 Å². The third-order valence-corrected chi connectivity index (χ3v) is 1.72. The van der Waals surface area contributed by atoms with Gasteiger partial charge in [-0.2, -0.15) is 0 Å². The third kappa shape index (κ3) is 1.49. The molecule has 1 aromatic heterocycles. The van der Waals surface area contributed by atoms with Gasteiger partial charge in [0.25, 0.3) is 0 Å². The van der Waals surface area contributed by atoms with Gasteiger partial charge in [0.05, 0.1) is 7.11 Å². The van der Waals surface area contributed by atoms with E-state index in [4.69, 9.17) is 4.42 Å². The van der Waals surface area contributed by atoms with E-state index in [1.807, 2.05) is 6.92 Å². The van der Waals surface area contributed by atoms with Crippen molar-refractivity contribution in [3.63, 3.8) is 0 Å². The van der Waals surface area contributed by atoms with E-state index in [1.165, 1.54) is 7.11 Å². The molecule has 0 radical (unpaired) electrons. The average Bonchev–Trinajstić information content (AvgIpc) is 2.45. The first-order chi connectivity index (χ1) is 5.69. The van der Waals surface area contributed by atoms with E-state index < -0.39 is 0 Å². The molecule has 1 heterocycles. The molecule has 0 unspecified atom stereocenters. The lowest BCUT2D eigenvalue weighted by Gasteiger charge is -1.93. The highest BCUT2D eigenvalue weighted by Gasteiger charge is 2.13. The first-order valence-corrected chi connectivity index (χ1v) is 3.86. The second kappa shape index (κ2) is 3.43. The van der Waals surface area contributed by atoms with Crippen molar-refractivity contribution in [3.05, 3.63) is 23.2 Å². The van der Waals surface area contributed by atoms with Crippen LogP contribution in [0.25, 0.3) is 0 Å². The lowest BCUT2D eigenvalue weighted by Crippen LogP contribution is -2.00. The Kier molecular flexibility index (Phi) is 2.53. The SMILES string of the molecule is CCc1cc(C(=O)OC)c(C)o1. The van der Waals surface area contributed by atoms with E-state index in [0.29, 0.717) is 11.3 Å². The highest BCUT2D eigenvalue weighted by atomic mass is 16.5. The summed E-state index contributed by atoms with van der Waals surface area (Å²) in [6.07, 6.45) is 0.790. The summed E-state index contributed by atoms with van der Waals surface area (Å²) in [6.45, 7) is 3.73. The predicted molar refractivity (Wildman–Crippen MR) is 44.2 cm³/mol. The maximum Gasteiger partial charge on any atom is 0.341 e. The van der Waals surface area contributed by atoms with Crippen molar-refractivity contribution in [3.8, 4) is 0 Å². The fourth-order valence-electron chi connectivity index (χ4n) is 1.03. The molecule has 1 aromatic rings. The summed E-state index contributed by atoms with van der Waals surface area (Å²) in [4.78, 5) is 11.1. The number of ether oxygens (including phenoxy) is 1. The maximum atomic E-state index is 11.1. The molecule has 12 heavy (non-hydrogen) atoms. The van der Waals surface area contributed by atoms with Crippen LogP contribution in [0.2, 0.25) is 0 Å². The second-order valence-corrected chi connectivity index (χ2v) is 2.53. The molecule has 0 aliphatic rings. The Morgan fingerprint density at radius 3 is 2.75 bits per heavy atom. The Bertz CT molecular complexity index is 286. The predicted octanol–water partition coefficient (Wildman–Crippen LogP) is 1.94. The molecule has 1 rings (SSSR count). The Balaban J connectivity index is 2.99. The summed E-state index contributed by atoms with van der Waals surface area (Å²) >= 11 is 0. The van der Waals surface area contributed by atoms with E-state index >= 15 is 0 Å². The van der Waals surface area contributed by atoms with Crippen molar-refractivity contribution in [2.24, 2.45) is 0 Å². The Hall–Kier alpha value is -1.25. The molecule has 0 N–H and O–H groups in total. The molecule has 0 saturated heterocycles. The van der Waals surface area contributed by atoms with E-state index in [1.54, 1.807) is 13.0 Å². The summed E-state index contributed by atoms with van der Waals surface area (Å²) in [6, 6.07) is 1.72. The minimum Gasteiger partial charge on any atom is -0.465 e. The van der Waals surface area contributed by atoms with Gasteiger partial charge >= 0.3 is 5.97 Å². The highest BCUT2D eigenvalue weighted by Crippen LogP contribution is 2.15. The number of methoxy groups -OCH3 is 1. The van der Waals surface area contributed by atoms with Crippen molar-refractivity contribution in [1.29, 1.82) is 0 Å². The van der Waals surface area contributed by atoms with Crippen molar-refractivity contribution in [1.82, 2.24) is 0 Å². The van der Waals surface area contributed by atoms with Crippen LogP contribution in [0.15, 0.2) is 10.5 Å². The molecule has 3 nitrogen and oxygen atoms in total. The number of hydrogen-bond donors (Lipinski definition) is 0. The van der Waals surface area contributed by atoms with Crippen molar-refractivity contribution < 1.29 is 13.9 Å². The van der Waals surface area contributed by atoms with Gasteiger partial charge in [0.15, 0.2) is 0 Å². The molecule has 66 valence electrons. The first kappa shape index (κ1) is 8.84. The van der Waals surface area contributed by atoms with Gasteiger partial charge in [-0.1, -0.05) is 6.92 Å². The molecule has 0 amide bonds. The van der Waals surface area contributed by atoms with Gasteiger partial charge in [0.2, 0.25) is 0 Å². The van der Waals surface area contributed by atoms with Crippen molar-refractivity contribution >= 4 is 5.97 Å². The van der Waals surface area contributed by atoms with E-state index in [2.05, 4.69) is 4.74 Å². The van der Waals surface area contributed by atoms with Gasteiger partial charge in [-0.15, -0.1) is 0 Å². The number of carbonyl (C=O) groups is 1. The monoisotopic (exact) mass is 168 g/mol. The molecule has 0 fully saturated rings. The minimum absolute atomic E-state index is 0.337. The summed E-state index contributed by atoms with van der Waals surface area (Å²) in [5.74, 6) is 1.10. The van der Waals surface area contributed by atoms with E-state index in [9.17, 15) is 4.79 Å². The summed E-state index contributed by atoms with van der Waals surface area (Å²) in [7, 11) is 1.36. The van der Waals surface area contributed by atoms with Crippen LogP contribution in [0, 0.1) is 6.92 Å². The van der Waals surface area contributed by atoms with Crippen LogP contribution in [-0.4, -0.2) is 13.1 Å². The highest BCUT2D eigenvalue weighted by molar-refractivity contribution is 5.90. The van der Waals surface area contributed by atoms with Crippen molar-refractivity contribution in [2.45, 2.75) is 20.3 Å². The van der Waals surface area contributed by atoms with Crippen LogP contribution in [0.4, 0.5) is 0 Å². The van der Waals surface area contributed by atoms with Crippen LogP contribution in [-0.2, 0) is 11.2 Å². The Labute approximate surface area is 71.3 Å². The summed E-state index contributed by atoms with van der Waals surface area (Å²) in [5.41, 5.74) is 0.523. The normalized spacial score (nSPS) is 9.92. The quantitative estimate of drug-likeness (QED) is 0.633. The molecule has 0 spiro atoms. The summed E-state index contributed by atoms with van der Waals surface area (Å²) < 4.78 is 9.86. The number of carbonyl (C=O) groups excluding carboxylic acids is 1. The third-order valence-electron chi connectivity index (χ3n) is 1.72. The molecule has 0 aliphatic heterocycles. The lowest BCUT2D eigenvalue weighted by atomic mass is 10.2. The van der Waals surface area contributed by atoms with E-state index in [-0.39, 0.29) is 5.97 Å². The van der Waals surface area contributed by atoms with E-state index in [0.717, 1.165) is 12.2 Å². The van der Waals surface area contributed by atoms with Gasteiger partial charge in [0, 0.05) is 6.42 Å². The second-order valence-electron chi connectivity index (χ2n) is 2.53. The molecule has 0 atom stereocenters. The molecule has 0 bridgehead atoms. The fraction of sp³-hybridized carbons (Fsp3) is 0.444. The molecule has 0 saturated carbocycles. The zero-order valence-corrected chi connectivity index (χ0v) is 7.51. The number of rotatable bonds is 2. The Morgan fingerprint density at radius 1 is 1.67 bits per heavy atom. The topological polar surface area (TPSA) is 39.4 Å². The van der Waals surface area contributed by atoms with Gasteiger partial charge in [-0.3, -0.25) is 0 Å². The number of furan rings is 1. The van der Waals surface area contributed by atoms with Gasteiger partial charge in [-0.25, -0.2) is 4.79 Å². The fourth-order valence-corrected chi connectivity index (χ4v) is 1.03. The largest absolute Gasteiger partial charge is 0.465 e. The van der Waals surface area contributed by atoms with Crippen LogP contribution >= 0.6 is 0 Å². The molecular formula is C9H12O3. The average molecular weight is 168 g/mol. The van der Waals surface area contributed by atoms with Crippen LogP contribution in [0.3, 0.4) is 0 Å². The van der Waals surface area contributed by atoms with Gasteiger partial charge in [0.1, 0.15) is 17.1 Å². The van der Waals surface area contributed by atoms with Crippen LogP contribution < -0.4 is 0 Å². The van der Waals surface area contributed by atoms with Crippen LogP contribution in [0.5, 0.6) is 0 Å². The zero-order chi connectivity index (χ0) is 9.14. The smallest absolute Gasteiger partial charge is 0.341 e. The maximum absolute atomic E-state index is 11.1.